The second-order valence-corrected chi connectivity index (χ2v) is 8.85. The third-order valence-electron chi connectivity index (χ3n) is 5.49. The molecule has 1 heterocycles. The average molecular weight is 471 g/mol. The van der Waals surface area contributed by atoms with Gasteiger partial charge in [-0.25, -0.2) is 0 Å². The number of amides is 5. The van der Waals surface area contributed by atoms with E-state index in [1.54, 1.807) is 13.0 Å². The van der Waals surface area contributed by atoms with Crippen molar-refractivity contribution in [2.24, 2.45) is 5.92 Å². The first-order valence-corrected chi connectivity index (χ1v) is 11.6. The van der Waals surface area contributed by atoms with E-state index in [2.05, 4.69) is 16.0 Å². The first kappa shape index (κ1) is 26.8. The number of hydrogen-bond donors (Lipinski definition) is 3. The van der Waals surface area contributed by atoms with Crippen LogP contribution in [0.15, 0.2) is 36.4 Å². The Balaban J connectivity index is 1.75. The lowest BCUT2D eigenvalue weighted by molar-refractivity contribution is -0.137. The van der Waals surface area contributed by atoms with Crippen LogP contribution in [-0.2, 0) is 24.0 Å². The van der Waals surface area contributed by atoms with E-state index in [9.17, 15) is 24.0 Å². The Labute approximate surface area is 200 Å². The molecule has 9 nitrogen and oxygen atoms in total. The number of unbranched alkanes of at least 4 members (excludes halogenated alkanes) is 2. The predicted octanol–water partition coefficient (Wildman–Crippen LogP) is 2.06. The van der Waals surface area contributed by atoms with Crippen molar-refractivity contribution < 1.29 is 24.0 Å². The highest BCUT2D eigenvalue weighted by atomic mass is 16.2. The highest BCUT2D eigenvalue weighted by molar-refractivity contribution is 6.12. The van der Waals surface area contributed by atoms with Gasteiger partial charge in [-0.3, -0.25) is 28.9 Å². The molecule has 0 radical (unpaired) electrons. The van der Waals surface area contributed by atoms with Crippen molar-refractivity contribution in [2.75, 3.05) is 11.9 Å². The van der Waals surface area contributed by atoms with Gasteiger partial charge in [0.25, 0.3) is 11.8 Å². The fourth-order valence-corrected chi connectivity index (χ4v) is 3.51. The molecule has 0 bridgehead atoms. The zero-order chi connectivity index (χ0) is 25.3. The minimum atomic E-state index is -0.781. The minimum absolute atomic E-state index is 0.171. The number of carbonyl (C=O) groups excluding carboxylic acids is 5. The van der Waals surface area contributed by atoms with Gasteiger partial charge in [0, 0.05) is 30.8 Å². The number of nitrogens with zero attached hydrogens (tertiary/aromatic N) is 1. The normalized spacial score (nSPS) is 14.8. The molecule has 0 aliphatic carbocycles. The summed E-state index contributed by atoms with van der Waals surface area (Å²) < 4.78 is 0. The number of hydrogen-bond acceptors (Lipinski definition) is 5. The number of carbonyl (C=O) groups is 5. The van der Waals surface area contributed by atoms with Gasteiger partial charge in [0.2, 0.25) is 17.7 Å². The lowest BCUT2D eigenvalue weighted by Gasteiger charge is -2.24. The maximum absolute atomic E-state index is 12.7. The molecule has 0 aromatic heterocycles. The smallest absolute Gasteiger partial charge is 0.253 e. The van der Waals surface area contributed by atoms with E-state index in [1.807, 2.05) is 39.0 Å². The summed E-state index contributed by atoms with van der Waals surface area (Å²) in [5.74, 6) is -1.83. The van der Waals surface area contributed by atoms with E-state index in [1.165, 1.54) is 17.1 Å². The van der Waals surface area contributed by atoms with Gasteiger partial charge in [-0.15, -0.1) is 0 Å². The van der Waals surface area contributed by atoms with E-state index in [4.69, 9.17) is 0 Å². The Kier molecular flexibility index (Phi) is 9.97. The van der Waals surface area contributed by atoms with Crippen molar-refractivity contribution in [1.29, 1.82) is 0 Å². The lowest BCUT2D eigenvalue weighted by atomic mass is 10.0. The molecule has 1 aliphatic rings. The molecule has 0 spiro atoms. The summed E-state index contributed by atoms with van der Waals surface area (Å²) >= 11 is 0. The highest BCUT2D eigenvalue weighted by Crippen LogP contribution is 2.11. The third-order valence-corrected chi connectivity index (χ3v) is 5.49. The van der Waals surface area contributed by atoms with Crippen molar-refractivity contribution in [3.05, 3.63) is 42.0 Å². The Morgan fingerprint density at radius 1 is 0.912 bits per heavy atom. The van der Waals surface area contributed by atoms with E-state index in [0.717, 1.165) is 5.56 Å². The maximum atomic E-state index is 12.7. The number of anilines is 1. The molecule has 3 N–H and O–H groups in total. The summed E-state index contributed by atoms with van der Waals surface area (Å²) in [5, 5.41) is 8.20. The summed E-state index contributed by atoms with van der Waals surface area (Å²) in [6, 6.07) is 5.81. The van der Waals surface area contributed by atoms with Crippen molar-refractivity contribution in [2.45, 2.75) is 65.5 Å². The van der Waals surface area contributed by atoms with Crippen LogP contribution < -0.4 is 16.0 Å². The molecule has 0 unspecified atom stereocenters. The van der Waals surface area contributed by atoms with Crippen molar-refractivity contribution in [1.82, 2.24) is 15.5 Å². The number of benzene rings is 1. The monoisotopic (exact) mass is 470 g/mol. The molecule has 184 valence electrons. The lowest BCUT2D eigenvalue weighted by Crippen LogP contribution is -2.53. The molecule has 1 aromatic rings. The van der Waals surface area contributed by atoms with Crippen LogP contribution in [0.5, 0.6) is 0 Å². The average Bonchev–Trinajstić information content (AvgIpc) is 3.08. The molecule has 2 atom stereocenters. The van der Waals surface area contributed by atoms with Crippen LogP contribution in [0.25, 0.3) is 0 Å². The fraction of sp³-hybridized carbons (Fsp3) is 0.480. The summed E-state index contributed by atoms with van der Waals surface area (Å²) in [6.45, 7) is 7.48. The molecule has 0 saturated carbocycles. The van der Waals surface area contributed by atoms with Gasteiger partial charge in [-0.05, 0) is 50.3 Å². The highest BCUT2D eigenvalue weighted by Gasteiger charge is 2.27. The fourth-order valence-electron chi connectivity index (χ4n) is 3.51. The summed E-state index contributed by atoms with van der Waals surface area (Å²) in [5.41, 5.74) is 1.65. The van der Waals surface area contributed by atoms with E-state index in [0.29, 0.717) is 31.5 Å². The van der Waals surface area contributed by atoms with Crippen LogP contribution in [0.1, 0.15) is 52.0 Å². The molecular weight excluding hydrogens is 436 g/mol. The Hall–Kier alpha value is -3.49. The summed E-state index contributed by atoms with van der Waals surface area (Å²) in [4.78, 5) is 61.8. The van der Waals surface area contributed by atoms with Crippen LogP contribution in [0.2, 0.25) is 0 Å². The number of nitrogens with one attached hydrogen (secondary N) is 3. The maximum Gasteiger partial charge on any atom is 0.253 e. The van der Waals surface area contributed by atoms with Crippen molar-refractivity contribution >= 4 is 35.2 Å². The minimum Gasteiger partial charge on any atom is -0.344 e. The molecule has 34 heavy (non-hydrogen) atoms. The molecule has 5 amide bonds. The van der Waals surface area contributed by atoms with Gasteiger partial charge >= 0.3 is 0 Å². The molecule has 1 aliphatic heterocycles. The molecule has 9 heteroatoms. The van der Waals surface area contributed by atoms with Gasteiger partial charge in [0.1, 0.15) is 12.1 Å². The van der Waals surface area contributed by atoms with Gasteiger partial charge in [0.05, 0.1) is 0 Å². The van der Waals surface area contributed by atoms with Gasteiger partial charge < -0.3 is 16.0 Å². The molecule has 1 aromatic carbocycles. The van der Waals surface area contributed by atoms with Crippen molar-refractivity contribution in [3.8, 4) is 0 Å². The van der Waals surface area contributed by atoms with E-state index in [-0.39, 0.29) is 36.0 Å². The SMILES string of the molecule is Cc1cccc(NC(=O)[C@H](C)NC(=O)[C@@H](NC(=O)CCCCCN2C(=O)C=CC2=O)C(C)C)c1. The second kappa shape index (κ2) is 12.7. The van der Waals surface area contributed by atoms with E-state index < -0.39 is 18.0 Å². The van der Waals surface area contributed by atoms with Crippen LogP contribution in [0.3, 0.4) is 0 Å². The van der Waals surface area contributed by atoms with Crippen molar-refractivity contribution in [3.63, 3.8) is 0 Å². The van der Waals surface area contributed by atoms with E-state index >= 15 is 0 Å². The van der Waals surface area contributed by atoms with Crippen LogP contribution in [0, 0.1) is 12.8 Å². The molecule has 0 fully saturated rings. The van der Waals surface area contributed by atoms with Crippen LogP contribution >= 0.6 is 0 Å². The first-order chi connectivity index (χ1) is 16.1. The van der Waals surface area contributed by atoms with Gasteiger partial charge in [-0.2, -0.15) is 0 Å². The number of rotatable bonds is 12. The predicted molar refractivity (Wildman–Crippen MR) is 129 cm³/mol. The first-order valence-electron chi connectivity index (χ1n) is 11.6. The van der Waals surface area contributed by atoms with Gasteiger partial charge in [0.15, 0.2) is 0 Å². The van der Waals surface area contributed by atoms with Crippen LogP contribution in [0.4, 0.5) is 5.69 Å². The van der Waals surface area contributed by atoms with Crippen LogP contribution in [-0.4, -0.2) is 53.1 Å². The molecule has 2 rings (SSSR count). The third kappa shape index (κ3) is 8.13. The number of aryl methyl sites for hydroxylation is 1. The number of imide groups is 1. The zero-order valence-electron chi connectivity index (χ0n) is 20.2. The Morgan fingerprint density at radius 2 is 1.59 bits per heavy atom. The van der Waals surface area contributed by atoms with Gasteiger partial charge in [-0.1, -0.05) is 32.4 Å². The Morgan fingerprint density at radius 3 is 2.21 bits per heavy atom. The summed E-state index contributed by atoms with van der Waals surface area (Å²) in [6.07, 6.45) is 4.56. The standard InChI is InChI=1S/C25H34N4O5/c1-16(2)23(25(34)26-18(4)24(33)27-19-10-8-9-17(3)15-19)28-20(30)11-6-5-7-14-29-21(31)12-13-22(29)32/h8-10,12-13,15-16,18,23H,5-7,11,14H2,1-4H3,(H,26,34)(H,27,33)(H,28,30)/t18-,23-/m0/s1. The second-order valence-electron chi connectivity index (χ2n) is 8.85. The molecule has 0 saturated heterocycles. The Bertz CT molecular complexity index is 938. The topological polar surface area (TPSA) is 125 Å². The molecular formula is C25H34N4O5. The quantitative estimate of drug-likeness (QED) is 0.319. The largest absolute Gasteiger partial charge is 0.344 e. The zero-order valence-corrected chi connectivity index (χ0v) is 20.2. The summed E-state index contributed by atoms with van der Waals surface area (Å²) in [7, 11) is 0.